The number of aliphatic hydroxyl groups excluding tert-OH is 1. The molecule has 5 aromatic rings. The molecule has 52 heavy (non-hydrogen) atoms. The van der Waals surface area contributed by atoms with Gasteiger partial charge in [0.05, 0.1) is 55.8 Å². The topological polar surface area (TPSA) is 125 Å². The Morgan fingerprint density at radius 2 is 1.63 bits per heavy atom. The zero-order valence-corrected chi connectivity index (χ0v) is 31.2. The quantitative estimate of drug-likeness (QED) is 0.135. The monoisotopic (exact) mass is 726 g/mol. The minimum Gasteiger partial charge on any atom is -0.496 e. The molecule has 6 rings (SSSR count). The van der Waals surface area contributed by atoms with Crippen LogP contribution in [0, 0.1) is 5.92 Å². The van der Waals surface area contributed by atoms with Gasteiger partial charge < -0.3 is 29.0 Å². The summed E-state index contributed by atoms with van der Waals surface area (Å²) in [5.74, 6) is 1.33. The number of halogens is 1. The van der Waals surface area contributed by atoms with Crippen molar-refractivity contribution in [1.29, 1.82) is 0 Å². The fourth-order valence-corrected chi connectivity index (χ4v) is 7.04. The predicted molar refractivity (Wildman–Crippen MR) is 200 cm³/mol. The van der Waals surface area contributed by atoms with E-state index in [2.05, 4.69) is 0 Å². The summed E-state index contributed by atoms with van der Waals surface area (Å²) < 4.78 is 24.3. The Bertz CT molecular complexity index is 2110. The first-order chi connectivity index (χ1) is 24.8. The minimum atomic E-state index is -0.659. The number of hydrogen-bond donors (Lipinski definition) is 1. The third-order valence-corrected chi connectivity index (χ3v) is 9.61. The van der Waals surface area contributed by atoms with E-state index in [4.69, 9.17) is 40.6 Å². The van der Waals surface area contributed by atoms with Crippen molar-refractivity contribution in [1.82, 2.24) is 19.7 Å². The van der Waals surface area contributed by atoms with Gasteiger partial charge in [0.15, 0.2) is 6.29 Å². The number of carbonyl (C=O) groups excluding carboxylic acids is 2. The maximum Gasteiger partial charge on any atom is 0.410 e. The molecule has 12 heteroatoms. The molecule has 0 saturated heterocycles. The number of para-hydroxylation sites is 1. The Morgan fingerprint density at radius 3 is 2.25 bits per heavy atom. The second-order valence-electron chi connectivity index (χ2n) is 14.0. The van der Waals surface area contributed by atoms with Crippen LogP contribution in [0.4, 0.5) is 4.79 Å². The van der Waals surface area contributed by atoms with Gasteiger partial charge in [0.25, 0.3) is 0 Å². The third-order valence-electron chi connectivity index (χ3n) is 9.20. The number of rotatable bonds is 11. The van der Waals surface area contributed by atoms with E-state index < -0.39 is 11.7 Å². The molecule has 1 N–H and O–H groups in total. The number of nitrogens with zero attached hydrogens (tertiary/aromatic N) is 4. The Kier molecular flexibility index (Phi) is 10.5. The minimum absolute atomic E-state index is 0.191. The number of pyridine rings is 1. The van der Waals surface area contributed by atoms with Crippen molar-refractivity contribution in [3.63, 3.8) is 0 Å². The van der Waals surface area contributed by atoms with Crippen LogP contribution in [0.25, 0.3) is 44.5 Å². The van der Waals surface area contributed by atoms with Crippen LogP contribution < -0.4 is 14.2 Å². The molecule has 272 valence electrons. The summed E-state index contributed by atoms with van der Waals surface area (Å²) in [6, 6.07) is 19.1. The molecule has 0 unspecified atom stereocenters. The zero-order chi connectivity index (χ0) is 37.3. The van der Waals surface area contributed by atoms with E-state index in [1.165, 1.54) is 14.2 Å². The lowest BCUT2D eigenvalue weighted by molar-refractivity contribution is -0.00238. The number of carbonyl (C=O) groups is 2. The lowest BCUT2D eigenvalue weighted by atomic mass is 9.82. The van der Waals surface area contributed by atoms with E-state index in [9.17, 15) is 14.7 Å². The van der Waals surface area contributed by atoms with Gasteiger partial charge in [0.1, 0.15) is 22.8 Å². The van der Waals surface area contributed by atoms with Crippen molar-refractivity contribution in [2.24, 2.45) is 13.0 Å². The molecule has 3 aromatic carbocycles. The summed E-state index contributed by atoms with van der Waals surface area (Å²) in [7, 11) is 6.44. The fourth-order valence-electron chi connectivity index (χ4n) is 6.71. The van der Waals surface area contributed by atoms with Crippen LogP contribution in [0.1, 0.15) is 49.5 Å². The van der Waals surface area contributed by atoms with Gasteiger partial charge in [-0.1, -0.05) is 48.0 Å². The first-order valence-corrected chi connectivity index (χ1v) is 17.4. The Hall–Kier alpha value is -5.13. The smallest absolute Gasteiger partial charge is 0.410 e. The number of aldehydes is 1. The number of aryl methyl sites for hydroxylation is 1. The summed E-state index contributed by atoms with van der Waals surface area (Å²) in [5.41, 5.74) is 5.62. The number of amides is 1. The average Bonchev–Trinajstić information content (AvgIpc) is 3.45. The van der Waals surface area contributed by atoms with Gasteiger partial charge in [-0.25, -0.2) is 9.78 Å². The van der Waals surface area contributed by atoms with E-state index in [1.54, 1.807) is 24.1 Å². The molecule has 1 aliphatic rings. The van der Waals surface area contributed by atoms with E-state index >= 15 is 0 Å². The van der Waals surface area contributed by atoms with Crippen LogP contribution in [0.3, 0.4) is 0 Å². The van der Waals surface area contributed by atoms with Gasteiger partial charge in [0, 0.05) is 46.8 Å². The average molecular weight is 727 g/mol. The highest BCUT2D eigenvalue weighted by Crippen LogP contribution is 2.42. The predicted octanol–water partition coefficient (Wildman–Crippen LogP) is 7.97. The van der Waals surface area contributed by atoms with E-state index in [0.717, 1.165) is 27.6 Å². The van der Waals surface area contributed by atoms with Crippen molar-refractivity contribution >= 4 is 34.9 Å². The standard InChI is InChI=1S/C40H43ClN4O7/c1-40(2,3)52-39(48)45(20-23-16-26(47)17-23)21-24-14-15-32(42-38(24)51-7)29-12-8-10-27(35(29)41)28-11-9-13-30-36(43-44(4)37(28)30)25-18-33(49-5)31(22-46)34(19-25)50-6/h8-15,18-19,22-23,26,47H,16-17,20-21H2,1-7H3. The molecule has 1 amide bonds. The SMILES string of the molecule is COc1cc(-c2nn(C)c3c(-c4cccc(-c5ccc(CN(CC6CC(O)C6)C(=O)OC(C)(C)C)c(OC)n5)c4Cl)cccc23)cc(OC)c1C=O. The number of fused-ring (bicyclic) bond motifs is 1. The van der Waals surface area contributed by atoms with Gasteiger partial charge in [-0.15, -0.1) is 0 Å². The van der Waals surface area contributed by atoms with E-state index in [0.29, 0.717) is 76.2 Å². The molecule has 1 fully saturated rings. The second kappa shape index (κ2) is 14.8. The lowest BCUT2D eigenvalue weighted by Crippen LogP contribution is -2.43. The summed E-state index contributed by atoms with van der Waals surface area (Å²) in [4.78, 5) is 31.5. The van der Waals surface area contributed by atoms with Gasteiger partial charge in [-0.2, -0.15) is 5.10 Å². The molecule has 0 atom stereocenters. The molecule has 0 bridgehead atoms. The number of benzene rings is 3. The van der Waals surface area contributed by atoms with Crippen LogP contribution in [0.15, 0.2) is 60.7 Å². The van der Waals surface area contributed by atoms with Crippen molar-refractivity contribution in [3.05, 3.63) is 76.8 Å². The lowest BCUT2D eigenvalue weighted by Gasteiger charge is -2.36. The zero-order valence-electron chi connectivity index (χ0n) is 30.4. The van der Waals surface area contributed by atoms with Crippen LogP contribution in [0.2, 0.25) is 5.02 Å². The van der Waals surface area contributed by atoms with Crippen LogP contribution in [0.5, 0.6) is 17.4 Å². The first-order valence-electron chi connectivity index (χ1n) is 17.0. The van der Waals surface area contributed by atoms with Gasteiger partial charge in [0.2, 0.25) is 5.88 Å². The summed E-state index contributed by atoms with van der Waals surface area (Å²) in [6.45, 7) is 6.19. The molecule has 0 spiro atoms. The van der Waals surface area contributed by atoms with Crippen molar-refractivity contribution in [2.45, 2.75) is 51.9 Å². The Labute approximate surface area is 308 Å². The fraction of sp³-hybridized carbons (Fsp3) is 0.350. The third kappa shape index (κ3) is 7.29. The summed E-state index contributed by atoms with van der Waals surface area (Å²) >= 11 is 7.21. The molecule has 0 aliphatic heterocycles. The van der Waals surface area contributed by atoms with Crippen molar-refractivity contribution in [3.8, 4) is 51.0 Å². The van der Waals surface area contributed by atoms with Crippen molar-refractivity contribution in [2.75, 3.05) is 27.9 Å². The van der Waals surface area contributed by atoms with E-state index in [1.807, 2.05) is 81.0 Å². The second-order valence-corrected chi connectivity index (χ2v) is 14.3. The molecule has 11 nitrogen and oxygen atoms in total. The molecule has 2 aromatic heterocycles. The Morgan fingerprint density at radius 1 is 0.981 bits per heavy atom. The maximum absolute atomic E-state index is 13.2. The number of ether oxygens (including phenoxy) is 4. The molecular formula is C40H43ClN4O7. The van der Waals surface area contributed by atoms with Crippen molar-refractivity contribution < 1.29 is 33.6 Å². The van der Waals surface area contributed by atoms with Gasteiger partial charge in [-0.3, -0.25) is 9.48 Å². The maximum atomic E-state index is 13.2. The van der Waals surface area contributed by atoms with E-state index in [-0.39, 0.29) is 18.6 Å². The molecule has 1 saturated carbocycles. The first kappa shape index (κ1) is 36.7. The van der Waals surface area contributed by atoms with Gasteiger partial charge in [-0.05, 0) is 63.8 Å². The highest BCUT2D eigenvalue weighted by molar-refractivity contribution is 6.36. The van der Waals surface area contributed by atoms with Crippen LogP contribution in [-0.4, -0.2) is 76.7 Å². The number of methoxy groups -OCH3 is 3. The molecule has 2 heterocycles. The molecule has 1 aliphatic carbocycles. The number of hydrogen-bond acceptors (Lipinski definition) is 9. The van der Waals surface area contributed by atoms with Crippen LogP contribution >= 0.6 is 11.6 Å². The van der Waals surface area contributed by atoms with Gasteiger partial charge >= 0.3 is 6.09 Å². The number of aliphatic hydroxyl groups is 1. The molecular weight excluding hydrogens is 684 g/mol. The van der Waals surface area contributed by atoms with Crippen LogP contribution in [-0.2, 0) is 18.3 Å². The Balaban J connectivity index is 1.36. The highest BCUT2D eigenvalue weighted by atomic mass is 35.5. The largest absolute Gasteiger partial charge is 0.496 e. The normalized spacial score (nSPS) is 15.6. The summed E-state index contributed by atoms with van der Waals surface area (Å²) in [5, 5.41) is 16.1. The summed E-state index contributed by atoms with van der Waals surface area (Å²) in [6.07, 6.45) is 1.25. The number of aromatic nitrogens is 3. The highest BCUT2D eigenvalue weighted by Gasteiger charge is 2.32. The molecule has 0 radical (unpaired) electrons.